The molecular formula is C73H72N6OPt-2. The van der Waals surface area contributed by atoms with Gasteiger partial charge in [-0.25, -0.2) is 4.98 Å². The number of aromatic nitrogens is 6. The van der Waals surface area contributed by atoms with Gasteiger partial charge >= 0.3 is 0 Å². The summed E-state index contributed by atoms with van der Waals surface area (Å²) >= 11 is 0. The maximum Gasteiger partial charge on any atom is 0.231 e. The minimum absolute atomic E-state index is 0. The first-order chi connectivity index (χ1) is 37.9. The molecule has 0 fully saturated rings. The van der Waals surface area contributed by atoms with Crippen molar-refractivity contribution in [2.45, 2.75) is 126 Å². The standard InChI is InChI=1S/C73H72N6O.Pt/c1-46-23-22-24-47(2)68(46)63-41-59(80-58-30-31-60-61-36-51(49-25-18-16-19-26-49)29-32-64(61)79(65(60)42-58)66-33-48(3)62(44-74-66)50-27-20-17-21-28-50)43-67(75-63)78-45-77(57-39-55(72(10,11)12)38-56(40-57)73(13,14)15)69(76-78)52-34-53(70(4,5)6)37-54(35-52)71(7,8)9;/h16-41,44H,1-15H3;/q-2;. The van der Waals surface area contributed by atoms with Gasteiger partial charge < -0.3 is 13.9 Å². The molecule has 0 unspecified atom stereocenters. The average Bonchev–Trinajstić information content (AvgIpc) is 4.26. The summed E-state index contributed by atoms with van der Waals surface area (Å²) in [5.41, 5.74) is 17.8. The van der Waals surface area contributed by atoms with E-state index < -0.39 is 0 Å². The first-order valence-electron chi connectivity index (χ1n) is 27.9. The van der Waals surface area contributed by atoms with Gasteiger partial charge in [0.2, 0.25) is 12.2 Å². The predicted octanol–water partition coefficient (Wildman–Crippen LogP) is 18.0. The van der Waals surface area contributed by atoms with Gasteiger partial charge in [0.15, 0.2) is 0 Å². The summed E-state index contributed by atoms with van der Waals surface area (Å²) < 4.78 is 13.1. The van der Waals surface area contributed by atoms with Gasteiger partial charge in [-0.2, -0.15) is 16.8 Å². The minimum Gasteiger partial charge on any atom is -0.522 e. The van der Waals surface area contributed by atoms with Crippen LogP contribution >= 0.6 is 0 Å². The second-order valence-electron chi connectivity index (χ2n) is 25.8. The van der Waals surface area contributed by atoms with Crippen LogP contribution in [0.25, 0.3) is 84.0 Å². The molecule has 4 heterocycles. The molecule has 0 aliphatic rings. The van der Waals surface area contributed by atoms with Crippen molar-refractivity contribution in [3.8, 4) is 73.7 Å². The Morgan fingerprint density at radius 2 is 1.07 bits per heavy atom. The van der Waals surface area contributed by atoms with Crippen molar-refractivity contribution in [1.29, 1.82) is 0 Å². The quantitative estimate of drug-likeness (QED) is 0.107. The zero-order chi connectivity index (χ0) is 56.6. The number of benzene rings is 7. The van der Waals surface area contributed by atoms with Crippen molar-refractivity contribution in [3.05, 3.63) is 221 Å². The molecule has 81 heavy (non-hydrogen) atoms. The third-order valence-electron chi connectivity index (χ3n) is 15.5. The summed E-state index contributed by atoms with van der Waals surface area (Å²) in [6, 6.07) is 63.5. The van der Waals surface area contributed by atoms with Gasteiger partial charge in [-0.3, -0.25) is 4.98 Å². The Balaban J connectivity index is 0.00000736. The van der Waals surface area contributed by atoms with E-state index in [0.29, 0.717) is 17.3 Å². The Kier molecular flexibility index (Phi) is 14.9. The van der Waals surface area contributed by atoms with Crippen molar-refractivity contribution in [3.63, 3.8) is 0 Å². The van der Waals surface area contributed by atoms with E-state index in [1.165, 1.54) is 22.3 Å². The van der Waals surface area contributed by atoms with Crippen molar-refractivity contribution in [2.24, 2.45) is 0 Å². The van der Waals surface area contributed by atoms with E-state index in [9.17, 15) is 0 Å². The van der Waals surface area contributed by atoms with Gasteiger partial charge in [0.25, 0.3) is 0 Å². The Morgan fingerprint density at radius 1 is 0.494 bits per heavy atom. The van der Waals surface area contributed by atoms with E-state index in [1.54, 1.807) is 4.68 Å². The van der Waals surface area contributed by atoms with E-state index in [0.717, 1.165) is 94.9 Å². The van der Waals surface area contributed by atoms with Gasteiger partial charge in [-0.1, -0.05) is 216 Å². The van der Waals surface area contributed by atoms with Crippen molar-refractivity contribution >= 4 is 21.8 Å². The third-order valence-corrected chi connectivity index (χ3v) is 15.5. The molecule has 0 bridgehead atoms. The topological polar surface area (TPSA) is 61.6 Å². The van der Waals surface area contributed by atoms with E-state index in [1.807, 2.05) is 24.4 Å². The first-order valence-corrected chi connectivity index (χ1v) is 27.9. The number of fused-ring (bicyclic) bond motifs is 3. The monoisotopic (exact) mass is 1240 g/mol. The molecule has 7 nitrogen and oxygen atoms in total. The second kappa shape index (κ2) is 21.3. The molecule has 11 aromatic rings. The Morgan fingerprint density at radius 3 is 1.65 bits per heavy atom. The molecule has 0 radical (unpaired) electrons. The molecular weight excluding hydrogens is 1170 g/mol. The summed E-state index contributed by atoms with van der Waals surface area (Å²) in [5.74, 6) is 2.95. The van der Waals surface area contributed by atoms with Crippen LogP contribution in [0.5, 0.6) is 11.5 Å². The number of ether oxygens (including phenoxy) is 1. The number of pyridine rings is 2. The van der Waals surface area contributed by atoms with Crippen LogP contribution in [0.2, 0.25) is 0 Å². The first kappa shape index (κ1) is 56.5. The summed E-state index contributed by atoms with van der Waals surface area (Å²) in [4.78, 5) is 10.6. The minimum atomic E-state index is -0.123. The molecule has 412 valence electrons. The van der Waals surface area contributed by atoms with Crippen molar-refractivity contribution in [1.82, 2.24) is 24.3 Å². The fourth-order valence-corrected chi connectivity index (χ4v) is 10.7. The fourth-order valence-electron chi connectivity index (χ4n) is 10.7. The molecule has 7 aromatic carbocycles. The maximum atomic E-state index is 7.04. The summed E-state index contributed by atoms with van der Waals surface area (Å²) in [7, 11) is 0. The van der Waals surface area contributed by atoms with Gasteiger partial charge in [0.1, 0.15) is 5.82 Å². The van der Waals surface area contributed by atoms with E-state index in [-0.39, 0.29) is 42.7 Å². The molecule has 11 rings (SSSR count). The van der Waals surface area contributed by atoms with Gasteiger partial charge in [-0.05, 0) is 138 Å². The van der Waals surface area contributed by atoms with Crippen LogP contribution in [0.1, 0.15) is 122 Å². The van der Waals surface area contributed by atoms with Crippen molar-refractivity contribution in [2.75, 3.05) is 0 Å². The van der Waals surface area contributed by atoms with Gasteiger partial charge in [0.05, 0.1) is 5.82 Å². The molecule has 4 aromatic heterocycles. The van der Waals surface area contributed by atoms with Gasteiger partial charge in [-0.15, -0.1) is 23.6 Å². The van der Waals surface area contributed by atoms with E-state index in [4.69, 9.17) is 19.8 Å². The molecule has 0 saturated carbocycles. The number of rotatable bonds is 9. The molecule has 0 amide bonds. The molecule has 0 spiro atoms. The van der Waals surface area contributed by atoms with Crippen LogP contribution in [0.3, 0.4) is 0 Å². The fraction of sp³-hybridized carbons (Fsp3) is 0.260. The molecule has 0 atom stereocenters. The Hall–Kier alpha value is -7.73. The summed E-state index contributed by atoms with van der Waals surface area (Å²) in [5, 5.41) is 7.64. The van der Waals surface area contributed by atoms with Gasteiger partial charge in [0, 0.05) is 55.3 Å². The molecule has 0 aliphatic heterocycles. The molecule has 8 heteroatoms. The number of hydrogen-bond acceptors (Lipinski definition) is 4. The second-order valence-corrected chi connectivity index (χ2v) is 25.8. The number of hydrogen-bond donors (Lipinski definition) is 0. The SMILES string of the molecule is Cc1cc(-n2c3[c-]c(Oc4[c-]c(-n5[c-][n+](-c6cc(C(C)(C)C)cc(C(C)(C)C)c6)c(-c6cc(C(C)(C)C)cc(C(C)(C)C)c6)n5)nc(-c5c(C)cccc5C)c4)ccc3c3cc(-c4ccccc4)ccc32)ncc1-c1ccccc1.[Pt]. The van der Waals surface area contributed by atoms with Crippen LogP contribution in [-0.4, -0.2) is 24.3 Å². The van der Waals surface area contributed by atoms with Crippen LogP contribution < -0.4 is 9.30 Å². The summed E-state index contributed by atoms with van der Waals surface area (Å²) in [6.07, 6.45) is 5.72. The molecule has 0 aliphatic carbocycles. The smallest absolute Gasteiger partial charge is 0.231 e. The van der Waals surface area contributed by atoms with Crippen LogP contribution in [-0.2, 0) is 42.7 Å². The van der Waals surface area contributed by atoms with Crippen LogP contribution in [0.4, 0.5) is 0 Å². The number of aryl methyl sites for hydroxylation is 3. The third kappa shape index (κ3) is 11.4. The predicted molar refractivity (Wildman–Crippen MR) is 329 cm³/mol. The molecule has 0 N–H and O–H groups in total. The van der Waals surface area contributed by atoms with E-state index in [2.05, 4.69) is 271 Å². The van der Waals surface area contributed by atoms with Crippen molar-refractivity contribution < 1.29 is 30.4 Å². The zero-order valence-corrected chi connectivity index (χ0v) is 51.8. The summed E-state index contributed by atoms with van der Waals surface area (Å²) in [6.45, 7) is 33.7. The van der Waals surface area contributed by atoms with Crippen LogP contribution in [0, 0.1) is 39.2 Å². The Labute approximate surface area is 494 Å². The largest absolute Gasteiger partial charge is 0.522 e. The van der Waals surface area contributed by atoms with E-state index >= 15 is 0 Å². The number of nitrogens with zero attached hydrogens (tertiary/aromatic N) is 6. The van der Waals surface area contributed by atoms with Crippen LogP contribution in [0.15, 0.2) is 164 Å². The average molecular weight is 1240 g/mol. The zero-order valence-electron chi connectivity index (χ0n) is 49.5. The maximum absolute atomic E-state index is 7.04. The normalized spacial score (nSPS) is 12.3. The molecule has 0 saturated heterocycles. The Bertz CT molecular complexity index is 3980.